The molecule has 1 amide bonds. The van der Waals surface area contributed by atoms with Crippen LogP contribution in [0.2, 0.25) is 0 Å². The number of aromatic nitrogens is 2. The van der Waals surface area contributed by atoms with Gasteiger partial charge in [-0.1, -0.05) is 44.2 Å². The molecular weight excluding hydrogens is 388 g/mol. The van der Waals surface area contributed by atoms with Gasteiger partial charge in [0, 0.05) is 17.6 Å². The smallest absolute Gasteiger partial charge is 0.265 e. The molecule has 6 nitrogen and oxygen atoms in total. The summed E-state index contributed by atoms with van der Waals surface area (Å²) in [4.78, 5) is 33.0. The van der Waals surface area contributed by atoms with E-state index in [0.717, 1.165) is 43.4 Å². The van der Waals surface area contributed by atoms with Crippen LogP contribution in [-0.2, 0) is 6.54 Å². The third-order valence-corrected chi connectivity index (χ3v) is 5.66. The minimum atomic E-state index is -0.326. The second-order valence-corrected chi connectivity index (χ2v) is 7.89. The first kappa shape index (κ1) is 22.7. The van der Waals surface area contributed by atoms with Gasteiger partial charge < -0.3 is 10.2 Å². The van der Waals surface area contributed by atoms with Crippen molar-refractivity contribution in [2.45, 2.75) is 46.2 Å². The zero-order valence-electron chi connectivity index (χ0n) is 18.7. The summed E-state index contributed by atoms with van der Waals surface area (Å²) in [6.45, 7) is 9.75. The molecule has 0 aliphatic rings. The molecule has 0 saturated carbocycles. The Morgan fingerprint density at radius 2 is 1.87 bits per heavy atom. The first-order valence-corrected chi connectivity index (χ1v) is 11.1. The quantitative estimate of drug-likeness (QED) is 0.543. The van der Waals surface area contributed by atoms with Crippen LogP contribution in [0.15, 0.2) is 59.5 Å². The highest BCUT2D eigenvalue weighted by molar-refractivity contribution is 5.97. The Kier molecular flexibility index (Phi) is 7.95. The Bertz CT molecular complexity index is 1060. The molecule has 164 valence electrons. The Balaban J connectivity index is 1.80. The van der Waals surface area contributed by atoms with Crippen molar-refractivity contribution in [2.75, 3.05) is 19.6 Å². The first-order valence-electron chi connectivity index (χ1n) is 11.1. The lowest BCUT2D eigenvalue weighted by atomic mass is 10.1. The number of nitrogens with zero attached hydrogens (tertiary/aromatic N) is 3. The van der Waals surface area contributed by atoms with Gasteiger partial charge in [-0.15, -0.1) is 0 Å². The van der Waals surface area contributed by atoms with Gasteiger partial charge >= 0.3 is 0 Å². The summed E-state index contributed by atoms with van der Waals surface area (Å²) >= 11 is 0. The molecule has 31 heavy (non-hydrogen) atoms. The van der Waals surface area contributed by atoms with Crippen molar-refractivity contribution < 1.29 is 4.79 Å². The summed E-state index contributed by atoms with van der Waals surface area (Å²) in [5, 5.41) is 3.79. The van der Waals surface area contributed by atoms with E-state index >= 15 is 0 Å². The van der Waals surface area contributed by atoms with Crippen LogP contribution in [0.3, 0.4) is 0 Å². The van der Waals surface area contributed by atoms with Crippen LogP contribution in [0.4, 0.5) is 0 Å². The van der Waals surface area contributed by atoms with Gasteiger partial charge in [-0.25, -0.2) is 4.98 Å². The molecule has 0 aliphatic carbocycles. The molecular formula is C25H32N4O2. The van der Waals surface area contributed by atoms with Crippen LogP contribution in [0.1, 0.15) is 49.5 Å². The largest absolute Gasteiger partial charge is 0.349 e. The second-order valence-electron chi connectivity index (χ2n) is 7.89. The van der Waals surface area contributed by atoms with Crippen LogP contribution < -0.4 is 10.9 Å². The highest BCUT2D eigenvalue weighted by Gasteiger charge is 2.18. The fourth-order valence-electron chi connectivity index (χ4n) is 3.82. The lowest BCUT2D eigenvalue weighted by Crippen LogP contribution is -2.38. The average Bonchev–Trinajstić information content (AvgIpc) is 2.79. The minimum absolute atomic E-state index is 0.00497. The van der Waals surface area contributed by atoms with E-state index in [0.29, 0.717) is 12.2 Å². The first-order chi connectivity index (χ1) is 15.0. The number of hydrogen-bond donors (Lipinski definition) is 1. The van der Waals surface area contributed by atoms with Gasteiger partial charge in [-0.2, -0.15) is 0 Å². The molecule has 0 aliphatic heterocycles. The zero-order chi connectivity index (χ0) is 22.2. The van der Waals surface area contributed by atoms with E-state index in [2.05, 4.69) is 29.0 Å². The number of nitrogens with one attached hydrogen (secondary N) is 1. The Morgan fingerprint density at radius 1 is 1.13 bits per heavy atom. The molecule has 0 spiro atoms. The maximum absolute atomic E-state index is 13.2. The molecule has 6 heteroatoms. The lowest BCUT2D eigenvalue weighted by molar-refractivity contribution is 0.0935. The molecule has 1 N–H and O–H groups in total. The third-order valence-electron chi connectivity index (χ3n) is 5.66. The Morgan fingerprint density at radius 3 is 2.58 bits per heavy atom. The Hall–Kier alpha value is -2.99. The fraction of sp³-hybridized carbons (Fsp3) is 0.400. The summed E-state index contributed by atoms with van der Waals surface area (Å²) in [6.07, 6.45) is 3.54. The zero-order valence-corrected chi connectivity index (χ0v) is 18.7. The SMILES string of the molecule is CCN(CC)CCC[C@@H](C)NC(=O)c1cc2cccnc2n(Cc2ccccc2)c1=O. The molecule has 0 radical (unpaired) electrons. The molecule has 0 saturated heterocycles. The molecule has 0 bridgehead atoms. The van der Waals surface area contributed by atoms with E-state index in [1.807, 2.05) is 49.4 Å². The van der Waals surface area contributed by atoms with Crippen LogP contribution in [0, 0.1) is 0 Å². The summed E-state index contributed by atoms with van der Waals surface area (Å²) < 4.78 is 1.59. The number of pyridine rings is 2. The van der Waals surface area contributed by atoms with Gasteiger partial charge in [0.2, 0.25) is 0 Å². The van der Waals surface area contributed by atoms with Gasteiger partial charge in [0.05, 0.1) is 6.54 Å². The van der Waals surface area contributed by atoms with E-state index in [4.69, 9.17) is 0 Å². The standard InChI is InChI=1S/C25H32N4O2/c1-4-28(5-2)16-10-11-19(3)27-24(30)22-17-21-14-9-15-26-23(21)29(25(22)31)18-20-12-7-6-8-13-20/h6-9,12-15,17,19H,4-5,10-11,16,18H2,1-3H3,(H,27,30)/t19-/m1/s1. The number of amides is 1. The number of hydrogen-bond acceptors (Lipinski definition) is 4. The summed E-state index contributed by atoms with van der Waals surface area (Å²) in [6, 6.07) is 15.1. The number of carbonyl (C=O) groups is 1. The van der Waals surface area contributed by atoms with Crippen molar-refractivity contribution in [1.82, 2.24) is 19.8 Å². The van der Waals surface area contributed by atoms with Crippen molar-refractivity contribution in [3.05, 3.63) is 76.2 Å². The molecule has 0 unspecified atom stereocenters. The van der Waals surface area contributed by atoms with Crippen LogP contribution >= 0.6 is 0 Å². The minimum Gasteiger partial charge on any atom is -0.349 e. The summed E-state index contributed by atoms with van der Waals surface area (Å²) in [5.41, 5.74) is 1.41. The van der Waals surface area contributed by atoms with E-state index in [1.54, 1.807) is 16.8 Å². The normalized spacial score (nSPS) is 12.3. The topological polar surface area (TPSA) is 67.2 Å². The van der Waals surface area contributed by atoms with Gasteiger partial charge in [-0.3, -0.25) is 14.2 Å². The van der Waals surface area contributed by atoms with Crippen molar-refractivity contribution >= 4 is 16.9 Å². The van der Waals surface area contributed by atoms with Crippen LogP contribution in [0.25, 0.3) is 11.0 Å². The molecule has 1 atom stereocenters. The molecule has 2 aromatic heterocycles. The highest BCUT2D eigenvalue weighted by Crippen LogP contribution is 2.13. The maximum atomic E-state index is 13.2. The van der Waals surface area contributed by atoms with Gasteiger partial charge in [-0.05, 0) is 63.2 Å². The van der Waals surface area contributed by atoms with E-state index in [1.165, 1.54) is 0 Å². The van der Waals surface area contributed by atoms with Crippen molar-refractivity contribution in [1.29, 1.82) is 0 Å². The monoisotopic (exact) mass is 420 g/mol. The molecule has 3 aromatic rings. The van der Waals surface area contributed by atoms with Crippen molar-refractivity contribution in [3.8, 4) is 0 Å². The number of fused-ring (bicyclic) bond motifs is 1. The van der Waals surface area contributed by atoms with Crippen LogP contribution in [0.5, 0.6) is 0 Å². The predicted octanol–water partition coefficient (Wildman–Crippen LogP) is 3.69. The fourth-order valence-corrected chi connectivity index (χ4v) is 3.82. The van der Waals surface area contributed by atoms with Crippen molar-refractivity contribution in [2.24, 2.45) is 0 Å². The number of rotatable bonds is 10. The van der Waals surface area contributed by atoms with Crippen LogP contribution in [-0.4, -0.2) is 46.0 Å². The average molecular weight is 421 g/mol. The predicted molar refractivity (Wildman–Crippen MR) is 125 cm³/mol. The highest BCUT2D eigenvalue weighted by atomic mass is 16.2. The summed E-state index contributed by atoms with van der Waals surface area (Å²) in [5.74, 6) is -0.326. The molecule has 3 rings (SSSR count). The van der Waals surface area contributed by atoms with E-state index in [9.17, 15) is 9.59 Å². The van der Waals surface area contributed by atoms with Gasteiger partial charge in [0.25, 0.3) is 11.5 Å². The third kappa shape index (κ3) is 5.79. The maximum Gasteiger partial charge on any atom is 0.265 e. The molecule has 0 fully saturated rings. The Labute approximate surface area is 183 Å². The van der Waals surface area contributed by atoms with E-state index < -0.39 is 0 Å². The number of benzene rings is 1. The molecule has 1 aromatic carbocycles. The number of carbonyl (C=O) groups excluding carboxylic acids is 1. The molecule has 2 heterocycles. The lowest BCUT2D eigenvalue weighted by Gasteiger charge is -2.20. The van der Waals surface area contributed by atoms with Gasteiger partial charge in [0.1, 0.15) is 11.2 Å². The van der Waals surface area contributed by atoms with Crippen molar-refractivity contribution in [3.63, 3.8) is 0 Å². The van der Waals surface area contributed by atoms with Gasteiger partial charge in [0.15, 0.2) is 0 Å². The second kappa shape index (κ2) is 10.9. The summed E-state index contributed by atoms with van der Waals surface area (Å²) in [7, 11) is 0. The van der Waals surface area contributed by atoms with E-state index in [-0.39, 0.29) is 23.1 Å².